The highest BCUT2D eigenvalue weighted by atomic mass is 16.5. The van der Waals surface area contributed by atoms with Crippen LogP contribution in [-0.4, -0.2) is 55.4 Å². The molecule has 7 nitrogen and oxygen atoms in total. The van der Waals surface area contributed by atoms with Gasteiger partial charge in [0.15, 0.2) is 11.5 Å². The van der Waals surface area contributed by atoms with Crippen LogP contribution in [0.5, 0.6) is 11.5 Å². The Labute approximate surface area is 147 Å². The summed E-state index contributed by atoms with van der Waals surface area (Å²) in [5, 5.41) is 9.35. The van der Waals surface area contributed by atoms with E-state index in [4.69, 9.17) is 14.2 Å². The summed E-state index contributed by atoms with van der Waals surface area (Å²) in [6.07, 6.45) is 1.79. The van der Waals surface area contributed by atoms with Crippen molar-refractivity contribution in [2.75, 3.05) is 27.4 Å². The molecule has 2 unspecified atom stereocenters. The van der Waals surface area contributed by atoms with E-state index >= 15 is 0 Å². The minimum Gasteiger partial charge on any atom is -0.493 e. The van der Waals surface area contributed by atoms with Gasteiger partial charge in [0.05, 0.1) is 19.8 Å². The molecule has 1 saturated heterocycles. The molecule has 1 amide bonds. The Bertz CT molecular complexity index is 618. The number of methoxy groups -OCH3 is 2. The molecule has 0 radical (unpaired) electrons. The van der Waals surface area contributed by atoms with Crippen molar-refractivity contribution in [3.05, 3.63) is 23.8 Å². The Morgan fingerprint density at radius 2 is 1.96 bits per heavy atom. The second-order valence-electron chi connectivity index (χ2n) is 5.98. The average Bonchev–Trinajstić information content (AvgIpc) is 3.04. The highest BCUT2D eigenvalue weighted by Crippen LogP contribution is 2.39. The minimum atomic E-state index is -0.970. The normalized spacial score (nSPS) is 19.7. The van der Waals surface area contributed by atoms with Crippen molar-refractivity contribution in [1.29, 1.82) is 0 Å². The van der Waals surface area contributed by atoms with Crippen LogP contribution in [-0.2, 0) is 14.3 Å². The summed E-state index contributed by atoms with van der Waals surface area (Å²) in [4.78, 5) is 24.8. The molecule has 1 heterocycles. The first kappa shape index (κ1) is 19.1. The molecule has 0 aliphatic carbocycles. The van der Waals surface area contributed by atoms with Crippen molar-refractivity contribution in [2.24, 2.45) is 0 Å². The second-order valence-corrected chi connectivity index (χ2v) is 5.98. The van der Waals surface area contributed by atoms with Crippen LogP contribution in [0.1, 0.15) is 37.8 Å². The summed E-state index contributed by atoms with van der Waals surface area (Å²) in [6.45, 7) is 2.48. The molecule has 2 rings (SSSR count). The first-order valence-electron chi connectivity index (χ1n) is 8.31. The molecule has 0 aromatic heterocycles. The van der Waals surface area contributed by atoms with Crippen LogP contribution in [0.3, 0.4) is 0 Å². The van der Waals surface area contributed by atoms with Crippen molar-refractivity contribution >= 4 is 11.9 Å². The Morgan fingerprint density at radius 1 is 1.20 bits per heavy atom. The summed E-state index contributed by atoms with van der Waals surface area (Å²) >= 11 is 0. The molecule has 0 bridgehead atoms. The number of hydrogen-bond acceptors (Lipinski definition) is 5. The molecule has 1 N–H and O–H groups in total. The van der Waals surface area contributed by atoms with E-state index in [2.05, 4.69) is 0 Å². The first-order valence-corrected chi connectivity index (χ1v) is 8.31. The third-order valence-electron chi connectivity index (χ3n) is 4.36. The van der Waals surface area contributed by atoms with Gasteiger partial charge in [0.25, 0.3) is 0 Å². The molecule has 2 atom stereocenters. The summed E-state index contributed by atoms with van der Waals surface area (Å²) in [5.41, 5.74) is 0.849. The summed E-state index contributed by atoms with van der Waals surface area (Å²) < 4.78 is 16.1. The standard InChI is InChI=1S/C18H25NO6/c1-12(20)19-14(6-7-15(19)18(21)22)13-5-8-16(24-3)17(11-13)25-10-4-9-23-2/h5,8,11,14-15H,4,6-7,9-10H2,1-3H3,(H,21,22). The zero-order valence-electron chi connectivity index (χ0n) is 14.9. The zero-order chi connectivity index (χ0) is 18.4. The number of aliphatic carboxylic acids is 1. The Morgan fingerprint density at radius 3 is 2.56 bits per heavy atom. The molecule has 0 spiro atoms. The smallest absolute Gasteiger partial charge is 0.326 e. The van der Waals surface area contributed by atoms with Gasteiger partial charge in [-0.15, -0.1) is 0 Å². The van der Waals surface area contributed by atoms with E-state index in [0.29, 0.717) is 37.6 Å². The molecule has 0 saturated carbocycles. The maximum atomic E-state index is 12.0. The number of carbonyl (C=O) groups excluding carboxylic acids is 1. The maximum absolute atomic E-state index is 12.0. The van der Waals surface area contributed by atoms with Gasteiger partial charge in [-0.1, -0.05) is 6.07 Å². The van der Waals surface area contributed by atoms with Crippen LogP contribution in [0.4, 0.5) is 0 Å². The molecule has 1 aromatic rings. The van der Waals surface area contributed by atoms with Gasteiger partial charge in [0.2, 0.25) is 5.91 Å². The number of nitrogens with zero attached hydrogens (tertiary/aromatic N) is 1. The Hall–Kier alpha value is -2.28. The van der Waals surface area contributed by atoms with Gasteiger partial charge in [0, 0.05) is 27.1 Å². The lowest BCUT2D eigenvalue weighted by atomic mass is 10.0. The summed E-state index contributed by atoms with van der Waals surface area (Å²) in [7, 11) is 3.20. The Balaban J connectivity index is 2.23. The Kier molecular flexibility index (Phi) is 6.64. The molecule has 138 valence electrons. The van der Waals surface area contributed by atoms with Gasteiger partial charge in [-0.2, -0.15) is 0 Å². The number of carboxylic acids is 1. The van der Waals surface area contributed by atoms with Crippen molar-refractivity contribution < 1.29 is 28.9 Å². The van der Waals surface area contributed by atoms with Crippen LogP contribution in [0.25, 0.3) is 0 Å². The molecule has 1 aliphatic rings. The van der Waals surface area contributed by atoms with Gasteiger partial charge < -0.3 is 24.2 Å². The van der Waals surface area contributed by atoms with E-state index in [-0.39, 0.29) is 11.9 Å². The van der Waals surface area contributed by atoms with E-state index < -0.39 is 12.0 Å². The number of amides is 1. The minimum absolute atomic E-state index is 0.242. The number of likely N-dealkylation sites (tertiary alicyclic amines) is 1. The third-order valence-corrected chi connectivity index (χ3v) is 4.36. The van der Waals surface area contributed by atoms with E-state index in [1.54, 1.807) is 20.3 Å². The summed E-state index contributed by atoms with van der Waals surface area (Å²) in [5.74, 6) is -0.0303. The molecule has 1 aromatic carbocycles. The van der Waals surface area contributed by atoms with E-state index in [9.17, 15) is 14.7 Å². The highest BCUT2D eigenvalue weighted by molar-refractivity contribution is 5.83. The van der Waals surface area contributed by atoms with Gasteiger partial charge in [0.1, 0.15) is 6.04 Å². The number of carbonyl (C=O) groups is 2. The van der Waals surface area contributed by atoms with Gasteiger partial charge in [-0.3, -0.25) is 4.79 Å². The van der Waals surface area contributed by atoms with Crippen LogP contribution < -0.4 is 9.47 Å². The number of hydrogen-bond donors (Lipinski definition) is 1. The van der Waals surface area contributed by atoms with Gasteiger partial charge in [-0.25, -0.2) is 4.79 Å². The predicted molar refractivity (Wildman–Crippen MR) is 90.9 cm³/mol. The fourth-order valence-electron chi connectivity index (χ4n) is 3.22. The molecule has 1 fully saturated rings. The highest BCUT2D eigenvalue weighted by Gasteiger charge is 2.40. The van der Waals surface area contributed by atoms with Crippen molar-refractivity contribution in [3.63, 3.8) is 0 Å². The second kappa shape index (κ2) is 8.71. The lowest BCUT2D eigenvalue weighted by Gasteiger charge is -2.28. The van der Waals surface area contributed by atoms with Crippen molar-refractivity contribution in [2.45, 2.75) is 38.3 Å². The van der Waals surface area contributed by atoms with Gasteiger partial charge in [-0.05, 0) is 30.5 Å². The monoisotopic (exact) mass is 351 g/mol. The molecule has 1 aliphatic heterocycles. The maximum Gasteiger partial charge on any atom is 0.326 e. The van der Waals surface area contributed by atoms with Crippen LogP contribution in [0.2, 0.25) is 0 Å². The quantitative estimate of drug-likeness (QED) is 0.723. The van der Waals surface area contributed by atoms with Gasteiger partial charge >= 0.3 is 5.97 Å². The number of carboxylic acid groups (broad SMARTS) is 1. The fourth-order valence-corrected chi connectivity index (χ4v) is 3.22. The van der Waals surface area contributed by atoms with E-state index in [1.807, 2.05) is 12.1 Å². The van der Waals surface area contributed by atoms with Crippen LogP contribution in [0, 0.1) is 0 Å². The lowest BCUT2D eigenvalue weighted by molar-refractivity contribution is -0.148. The average molecular weight is 351 g/mol. The molecular formula is C18H25NO6. The SMILES string of the molecule is COCCCOc1cc(C2CCC(C(=O)O)N2C(C)=O)ccc1OC. The molecule has 7 heteroatoms. The van der Waals surface area contributed by atoms with Crippen molar-refractivity contribution in [3.8, 4) is 11.5 Å². The molecular weight excluding hydrogens is 326 g/mol. The number of rotatable bonds is 8. The van der Waals surface area contributed by atoms with Crippen LogP contribution in [0.15, 0.2) is 18.2 Å². The largest absolute Gasteiger partial charge is 0.493 e. The number of benzene rings is 1. The van der Waals surface area contributed by atoms with E-state index in [1.165, 1.54) is 11.8 Å². The summed E-state index contributed by atoms with van der Waals surface area (Å²) in [6, 6.07) is 4.41. The topological polar surface area (TPSA) is 85.3 Å². The fraction of sp³-hybridized carbons (Fsp3) is 0.556. The zero-order valence-corrected chi connectivity index (χ0v) is 14.9. The van der Waals surface area contributed by atoms with E-state index in [0.717, 1.165) is 12.0 Å². The van der Waals surface area contributed by atoms with Crippen molar-refractivity contribution in [1.82, 2.24) is 4.90 Å². The predicted octanol–water partition coefficient (Wildman–Crippen LogP) is 2.25. The molecule has 25 heavy (non-hydrogen) atoms. The first-order chi connectivity index (χ1) is 12.0. The number of ether oxygens (including phenoxy) is 3. The third kappa shape index (κ3) is 4.42. The lowest BCUT2D eigenvalue weighted by Crippen LogP contribution is -2.40. The van der Waals surface area contributed by atoms with Crippen LogP contribution >= 0.6 is 0 Å².